The number of hydrogen-bond donors (Lipinski definition) is 2. The van der Waals surface area contributed by atoms with E-state index < -0.39 is 10.1 Å². The first-order valence-corrected chi connectivity index (χ1v) is 14.1. The summed E-state index contributed by atoms with van der Waals surface area (Å²) in [6, 6.07) is 15.6. The molecule has 0 bridgehead atoms. The maximum absolute atomic E-state index is 9.19. The molecule has 4 rings (SSSR count). The van der Waals surface area contributed by atoms with E-state index in [4.69, 9.17) is 14.4 Å². The van der Waals surface area contributed by atoms with Crippen LogP contribution in [0, 0.1) is 0 Å². The minimum absolute atomic E-state index is 0.325. The molecule has 0 aliphatic heterocycles. The molecule has 0 unspecified atom stereocenters. The van der Waals surface area contributed by atoms with Crippen LogP contribution in [0.5, 0.6) is 11.5 Å². The van der Waals surface area contributed by atoms with Crippen molar-refractivity contribution in [3.8, 4) is 11.5 Å². The third-order valence-electron chi connectivity index (χ3n) is 5.24. The summed E-state index contributed by atoms with van der Waals surface area (Å²) >= 11 is 0. The first-order valence-electron chi connectivity index (χ1n) is 12.2. The number of rotatable bonds is 11. The first kappa shape index (κ1) is 30.5. The van der Waals surface area contributed by atoms with E-state index >= 15 is 0 Å². The first-order chi connectivity index (χ1) is 18.2. The monoisotopic (exact) mass is 544 g/mol. The number of benzene rings is 2. The van der Waals surface area contributed by atoms with E-state index in [-0.39, 0.29) is 0 Å². The molecule has 0 atom stereocenters. The van der Waals surface area contributed by atoms with Gasteiger partial charge in [0.05, 0.1) is 25.8 Å². The highest BCUT2D eigenvalue weighted by molar-refractivity contribution is 7.85. The van der Waals surface area contributed by atoms with Crippen LogP contribution >= 0.6 is 0 Å². The molecule has 0 aliphatic carbocycles. The average molecular weight is 545 g/mol. The molecule has 0 aliphatic rings. The predicted octanol–water partition coefficient (Wildman–Crippen LogP) is 3.82. The lowest BCUT2D eigenvalue weighted by atomic mass is 10.1. The van der Waals surface area contributed by atoms with Crippen LogP contribution < -0.4 is 4.74 Å². The molecule has 12 heteroatoms. The van der Waals surface area contributed by atoms with Crippen LogP contribution in [0.2, 0.25) is 0 Å². The highest BCUT2D eigenvalue weighted by atomic mass is 32.2. The molecule has 206 valence electrons. The van der Waals surface area contributed by atoms with Crippen molar-refractivity contribution < 1.29 is 22.8 Å². The van der Waals surface area contributed by atoms with Gasteiger partial charge in [0.15, 0.2) is 0 Å². The molecule has 0 fully saturated rings. The molecule has 2 heterocycles. The van der Waals surface area contributed by atoms with Gasteiger partial charge in [0.2, 0.25) is 0 Å². The van der Waals surface area contributed by atoms with E-state index in [0.717, 1.165) is 57.4 Å². The minimum Gasteiger partial charge on any atom is -0.508 e. The number of ether oxygens (including phenoxy) is 1. The average Bonchev–Trinajstić information content (AvgIpc) is 3.60. The topological polar surface area (TPSA) is 145 Å². The summed E-state index contributed by atoms with van der Waals surface area (Å²) in [7, 11) is -1.98. The largest absolute Gasteiger partial charge is 0.508 e. The fraction of sp³-hybridized carbons (Fsp3) is 0.385. The Hall–Kier alpha value is -3.77. The Bertz CT molecular complexity index is 1220. The third kappa shape index (κ3) is 14.7. The van der Waals surface area contributed by atoms with Crippen molar-refractivity contribution in [1.82, 2.24) is 30.0 Å². The quantitative estimate of drug-likeness (QED) is 0.212. The molecule has 2 aromatic heterocycles. The van der Waals surface area contributed by atoms with Gasteiger partial charge in [0, 0.05) is 25.5 Å². The van der Waals surface area contributed by atoms with E-state index in [1.54, 1.807) is 31.6 Å². The molecule has 2 aromatic carbocycles. The van der Waals surface area contributed by atoms with Crippen molar-refractivity contribution in [1.29, 1.82) is 0 Å². The van der Waals surface area contributed by atoms with E-state index in [1.807, 2.05) is 46.0 Å². The van der Waals surface area contributed by atoms with Gasteiger partial charge in [-0.2, -0.15) is 8.42 Å². The molecule has 0 saturated carbocycles. The van der Waals surface area contributed by atoms with Crippen molar-refractivity contribution >= 4 is 10.1 Å². The van der Waals surface area contributed by atoms with Gasteiger partial charge in [-0.1, -0.05) is 34.7 Å². The lowest BCUT2D eigenvalue weighted by molar-refractivity contribution is 0.414. The van der Waals surface area contributed by atoms with Crippen LogP contribution in [-0.2, 0) is 36.0 Å². The van der Waals surface area contributed by atoms with E-state index in [0.29, 0.717) is 12.0 Å². The van der Waals surface area contributed by atoms with Crippen molar-refractivity contribution in [2.45, 2.75) is 51.6 Å². The van der Waals surface area contributed by atoms with Gasteiger partial charge in [-0.15, -0.1) is 10.2 Å². The van der Waals surface area contributed by atoms with Crippen LogP contribution in [0.25, 0.3) is 0 Å². The fourth-order valence-corrected chi connectivity index (χ4v) is 3.36. The maximum atomic E-state index is 9.19. The second-order valence-electron chi connectivity index (χ2n) is 8.49. The minimum atomic E-state index is -3.67. The highest BCUT2D eigenvalue weighted by Gasteiger charge is 1.97. The third-order valence-corrected chi connectivity index (χ3v) is 5.24. The Morgan fingerprint density at radius 3 is 1.55 bits per heavy atom. The molecule has 11 nitrogen and oxygen atoms in total. The number of phenols is 1. The Labute approximate surface area is 223 Å². The van der Waals surface area contributed by atoms with Crippen molar-refractivity contribution in [2.24, 2.45) is 0 Å². The molecule has 2 N–H and O–H groups in total. The van der Waals surface area contributed by atoms with Gasteiger partial charge in [0.25, 0.3) is 10.1 Å². The van der Waals surface area contributed by atoms with Crippen molar-refractivity contribution in [2.75, 3.05) is 13.4 Å². The Morgan fingerprint density at radius 2 is 1.18 bits per heavy atom. The molecule has 4 aromatic rings. The maximum Gasteiger partial charge on any atom is 0.261 e. The summed E-state index contributed by atoms with van der Waals surface area (Å²) < 4.78 is 34.7. The number of methoxy groups -OCH3 is 1. The fourth-order valence-electron chi connectivity index (χ4n) is 3.36. The summed E-state index contributed by atoms with van der Waals surface area (Å²) in [4.78, 5) is 0. The van der Waals surface area contributed by atoms with Crippen LogP contribution in [0.1, 0.15) is 36.8 Å². The van der Waals surface area contributed by atoms with E-state index in [9.17, 15) is 8.42 Å². The smallest absolute Gasteiger partial charge is 0.261 e. The molecule has 0 radical (unpaired) electrons. The Kier molecular flexibility index (Phi) is 13.5. The van der Waals surface area contributed by atoms with Gasteiger partial charge in [0.1, 0.15) is 11.5 Å². The van der Waals surface area contributed by atoms with Crippen LogP contribution in [0.15, 0.2) is 73.3 Å². The zero-order valence-electron chi connectivity index (χ0n) is 21.8. The van der Waals surface area contributed by atoms with Gasteiger partial charge < -0.3 is 9.84 Å². The summed E-state index contributed by atoms with van der Waals surface area (Å²) in [5.74, 6) is 1.24. The number of hydrogen-bond acceptors (Lipinski definition) is 8. The van der Waals surface area contributed by atoms with E-state index in [2.05, 4.69) is 32.8 Å². The Balaban J connectivity index is 0.000000228. The number of aromatic nitrogens is 6. The number of aromatic hydroxyl groups is 1. The lowest BCUT2D eigenvalue weighted by Crippen LogP contribution is -1.99. The number of aryl methyl sites for hydroxylation is 4. The predicted molar refractivity (Wildman–Crippen MR) is 144 cm³/mol. The SMILES string of the molecule is COc1ccc(CCCCn2ccnn2)cc1.CS(=O)(=O)O.Oc1ccc(CCCCn2ccnn2)cc1. The second-order valence-corrected chi connectivity index (χ2v) is 9.96. The van der Waals surface area contributed by atoms with Crippen molar-refractivity contribution in [3.63, 3.8) is 0 Å². The molecule has 0 saturated heterocycles. The molecular formula is C26H36N6O5S. The van der Waals surface area contributed by atoms with Crippen LogP contribution in [0.3, 0.4) is 0 Å². The zero-order valence-corrected chi connectivity index (χ0v) is 22.6. The highest BCUT2D eigenvalue weighted by Crippen LogP contribution is 2.13. The molecule has 38 heavy (non-hydrogen) atoms. The van der Waals surface area contributed by atoms with Crippen LogP contribution in [0.4, 0.5) is 0 Å². The molecular weight excluding hydrogens is 508 g/mol. The second kappa shape index (κ2) is 16.9. The van der Waals surface area contributed by atoms with Crippen LogP contribution in [-0.4, -0.2) is 61.4 Å². The Morgan fingerprint density at radius 1 is 0.763 bits per heavy atom. The lowest BCUT2D eigenvalue weighted by Gasteiger charge is -2.03. The number of nitrogens with zero attached hydrogens (tertiary/aromatic N) is 6. The zero-order chi connectivity index (χ0) is 27.6. The number of phenolic OH excluding ortho intramolecular Hbond substituents is 1. The van der Waals surface area contributed by atoms with Gasteiger partial charge >= 0.3 is 0 Å². The number of unbranched alkanes of at least 4 members (excludes halogenated alkanes) is 2. The van der Waals surface area contributed by atoms with Gasteiger partial charge in [-0.05, 0) is 73.9 Å². The van der Waals surface area contributed by atoms with Crippen molar-refractivity contribution in [3.05, 3.63) is 84.4 Å². The van der Waals surface area contributed by atoms with Gasteiger partial charge in [-0.25, -0.2) is 0 Å². The molecule has 0 spiro atoms. The summed E-state index contributed by atoms with van der Waals surface area (Å²) in [5.41, 5.74) is 2.61. The normalized spacial score (nSPS) is 10.6. The molecule has 0 amide bonds. The van der Waals surface area contributed by atoms with Gasteiger partial charge in [-0.3, -0.25) is 13.9 Å². The standard InChI is InChI=1S/C13H17N3O.C12H15N3O.CH4O3S/c1-17-13-7-5-12(6-8-13)4-2-3-10-16-11-9-14-15-16;16-12-6-4-11(5-7-12)3-1-2-9-15-10-8-13-14-15;1-5(2,3)4/h5-9,11H,2-4,10H2,1H3;4-8,10,16H,1-3,9H2;1H3,(H,2,3,4). The summed E-state index contributed by atoms with van der Waals surface area (Å²) in [6.07, 6.45) is 14.5. The summed E-state index contributed by atoms with van der Waals surface area (Å²) in [6.45, 7) is 1.86. The van der Waals surface area contributed by atoms with E-state index in [1.165, 1.54) is 11.1 Å². The summed E-state index contributed by atoms with van der Waals surface area (Å²) in [5, 5.41) is 24.5.